The van der Waals surface area contributed by atoms with E-state index in [4.69, 9.17) is 14.3 Å². The SMILES string of the molecule is C=CCOB(O)OCCCCC. The molecule has 0 aromatic rings. The van der Waals surface area contributed by atoms with Crippen molar-refractivity contribution in [2.45, 2.75) is 26.2 Å². The maximum atomic E-state index is 8.99. The summed E-state index contributed by atoms with van der Waals surface area (Å²) in [4.78, 5) is 0. The van der Waals surface area contributed by atoms with Gasteiger partial charge in [0.25, 0.3) is 0 Å². The monoisotopic (exact) mass is 172 g/mol. The van der Waals surface area contributed by atoms with Gasteiger partial charge in [0.2, 0.25) is 0 Å². The number of hydrogen-bond donors (Lipinski definition) is 1. The highest BCUT2D eigenvalue weighted by atomic mass is 16.7. The summed E-state index contributed by atoms with van der Waals surface area (Å²) in [5, 5.41) is 8.99. The minimum Gasteiger partial charge on any atom is -0.402 e. The van der Waals surface area contributed by atoms with Gasteiger partial charge < -0.3 is 14.3 Å². The van der Waals surface area contributed by atoms with Crippen molar-refractivity contribution in [1.82, 2.24) is 0 Å². The Labute approximate surface area is 74.6 Å². The zero-order chi connectivity index (χ0) is 9.23. The zero-order valence-corrected chi connectivity index (χ0v) is 7.66. The molecule has 0 unspecified atom stereocenters. The average molecular weight is 172 g/mol. The summed E-state index contributed by atoms with van der Waals surface area (Å²) in [6.07, 6.45) is 4.80. The second-order valence-corrected chi connectivity index (χ2v) is 2.51. The maximum absolute atomic E-state index is 8.99. The Morgan fingerprint density at radius 2 is 2.17 bits per heavy atom. The van der Waals surface area contributed by atoms with Crippen LogP contribution in [0.5, 0.6) is 0 Å². The van der Waals surface area contributed by atoms with Gasteiger partial charge in [0.1, 0.15) is 0 Å². The molecular weight excluding hydrogens is 155 g/mol. The fraction of sp³-hybridized carbons (Fsp3) is 0.750. The maximum Gasteiger partial charge on any atom is 0.636 e. The third kappa shape index (κ3) is 7.79. The highest BCUT2D eigenvalue weighted by molar-refractivity contribution is 6.34. The Bertz CT molecular complexity index is 108. The first kappa shape index (κ1) is 11.7. The van der Waals surface area contributed by atoms with E-state index < -0.39 is 7.32 Å². The molecule has 0 radical (unpaired) electrons. The van der Waals surface area contributed by atoms with Gasteiger partial charge in [-0.1, -0.05) is 25.8 Å². The highest BCUT2D eigenvalue weighted by Crippen LogP contribution is 1.95. The van der Waals surface area contributed by atoms with Crippen LogP contribution in [0.3, 0.4) is 0 Å². The van der Waals surface area contributed by atoms with Crippen molar-refractivity contribution in [3.8, 4) is 0 Å². The Morgan fingerprint density at radius 3 is 2.75 bits per heavy atom. The minimum absolute atomic E-state index is 0.314. The first-order valence-electron chi connectivity index (χ1n) is 4.33. The molecule has 1 N–H and O–H groups in total. The predicted octanol–water partition coefficient (Wildman–Crippen LogP) is 1.37. The lowest BCUT2D eigenvalue weighted by molar-refractivity contribution is 0.143. The molecule has 0 aromatic heterocycles. The van der Waals surface area contributed by atoms with Crippen LogP contribution >= 0.6 is 0 Å². The summed E-state index contributed by atoms with van der Waals surface area (Å²) >= 11 is 0. The van der Waals surface area contributed by atoms with Crippen LogP contribution in [0.15, 0.2) is 12.7 Å². The van der Waals surface area contributed by atoms with E-state index in [1.54, 1.807) is 6.08 Å². The molecule has 0 fully saturated rings. The first-order valence-corrected chi connectivity index (χ1v) is 4.33. The van der Waals surface area contributed by atoms with E-state index in [0.29, 0.717) is 13.2 Å². The molecule has 3 nitrogen and oxygen atoms in total. The Kier molecular flexibility index (Phi) is 8.55. The molecular formula is C8H17BO3. The average Bonchev–Trinajstić information content (AvgIpc) is 2.09. The van der Waals surface area contributed by atoms with Crippen LogP contribution in [0.2, 0.25) is 0 Å². The standard InChI is InChI=1S/C8H17BO3/c1-3-5-6-8-12-9(10)11-7-4-2/h4,10H,2-3,5-8H2,1H3. The topological polar surface area (TPSA) is 38.7 Å². The van der Waals surface area contributed by atoms with Gasteiger partial charge in [0.05, 0.1) is 6.61 Å². The second-order valence-electron chi connectivity index (χ2n) is 2.51. The predicted molar refractivity (Wildman–Crippen MR) is 49.6 cm³/mol. The Balaban J connectivity index is 3.07. The first-order chi connectivity index (χ1) is 5.81. The fourth-order valence-corrected chi connectivity index (χ4v) is 0.735. The summed E-state index contributed by atoms with van der Waals surface area (Å²) in [5.41, 5.74) is 0. The fourth-order valence-electron chi connectivity index (χ4n) is 0.735. The van der Waals surface area contributed by atoms with Gasteiger partial charge in [0, 0.05) is 6.61 Å². The number of unbranched alkanes of at least 4 members (excludes halogenated alkanes) is 2. The molecule has 0 rings (SSSR count). The minimum atomic E-state index is -1.10. The molecule has 0 heterocycles. The van der Waals surface area contributed by atoms with Crippen molar-refractivity contribution in [2.24, 2.45) is 0 Å². The van der Waals surface area contributed by atoms with E-state index in [-0.39, 0.29) is 0 Å². The second kappa shape index (κ2) is 8.78. The lowest BCUT2D eigenvalue weighted by Gasteiger charge is -2.05. The third-order valence-electron chi connectivity index (χ3n) is 1.36. The van der Waals surface area contributed by atoms with Crippen LogP contribution in [0.1, 0.15) is 26.2 Å². The molecule has 70 valence electrons. The molecule has 4 heteroatoms. The summed E-state index contributed by atoms with van der Waals surface area (Å²) < 4.78 is 9.72. The van der Waals surface area contributed by atoms with Crippen molar-refractivity contribution in [3.05, 3.63) is 12.7 Å². The summed E-state index contributed by atoms with van der Waals surface area (Å²) in [6.45, 7) is 6.43. The molecule has 0 aliphatic carbocycles. The largest absolute Gasteiger partial charge is 0.636 e. The van der Waals surface area contributed by atoms with Gasteiger partial charge >= 0.3 is 7.32 Å². The molecule has 0 bridgehead atoms. The van der Waals surface area contributed by atoms with Crippen molar-refractivity contribution in [3.63, 3.8) is 0 Å². The Morgan fingerprint density at radius 1 is 1.42 bits per heavy atom. The lowest BCUT2D eigenvalue weighted by atomic mass is 10.2. The molecule has 0 amide bonds. The molecule has 0 aliphatic heterocycles. The zero-order valence-electron chi connectivity index (χ0n) is 7.66. The van der Waals surface area contributed by atoms with E-state index in [2.05, 4.69) is 13.5 Å². The van der Waals surface area contributed by atoms with Crippen molar-refractivity contribution in [1.29, 1.82) is 0 Å². The third-order valence-corrected chi connectivity index (χ3v) is 1.36. The summed E-state index contributed by atoms with van der Waals surface area (Å²) in [6, 6.07) is 0. The van der Waals surface area contributed by atoms with Gasteiger partial charge in [-0.25, -0.2) is 0 Å². The lowest BCUT2D eigenvalue weighted by Crippen LogP contribution is -2.23. The van der Waals surface area contributed by atoms with Crippen LogP contribution in [-0.2, 0) is 9.31 Å². The van der Waals surface area contributed by atoms with E-state index >= 15 is 0 Å². The van der Waals surface area contributed by atoms with Crippen molar-refractivity contribution in [2.75, 3.05) is 13.2 Å². The highest BCUT2D eigenvalue weighted by Gasteiger charge is 2.13. The van der Waals surface area contributed by atoms with Crippen LogP contribution < -0.4 is 0 Å². The van der Waals surface area contributed by atoms with Crippen LogP contribution in [-0.4, -0.2) is 25.6 Å². The molecule has 0 spiro atoms. The van der Waals surface area contributed by atoms with Gasteiger partial charge in [-0.05, 0) is 6.42 Å². The number of rotatable bonds is 8. The molecule has 0 aliphatic rings. The van der Waals surface area contributed by atoms with Crippen LogP contribution in [0.25, 0.3) is 0 Å². The van der Waals surface area contributed by atoms with Crippen LogP contribution in [0.4, 0.5) is 0 Å². The molecule has 0 atom stereocenters. The van der Waals surface area contributed by atoms with E-state index in [0.717, 1.165) is 19.3 Å². The summed E-state index contributed by atoms with van der Waals surface area (Å²) in [7, 11) is -1.10. The smallest absolute Gasteiger partial charge is 0.402 e. The molecule has 12 heavy (non-hydrogen) atoms. The van der Waals surface area contributed by atoms with E-state index in [1.165, 1.54) is 0 Å². The van der Waals surface area contributed by atoms with Gasteiger partial charge in [-0.3, -0.25) is 0 Å². The van der Waals surface area contributed by atoms with Crippen molar-refractivity contribution >= 4 is 7.32 Å². The van der Waals surface area contributed by atoms with E-state index in [9.17, 15) is 0 Å². The molecule has 0 saturated heterocycles. The normalized spacial score (nSPS) is 9.83. The van der Waals surface area contributed by atoms with E-state index in [1.807, 2.05) is 0 Å². The molecule has 0 aromatic carbocycles. The summed E-state index contributed by atoms with van der Waals surface area (Å²) in [5.74, 6) is 0. The van der Waals surface area contributed by atoms with Crippen LogP contribution in [0, 0.1) is 0 Å². The molecule has 0 saturated carbocycles. The Hall–Kier alpha value is -0.315. The van der Waals surface area contributed by atoms with Gasteiger partial charge in [-0.2, -0.15) is 0 Å². The number of hydrogen-bond acceptors (Lipinski definition) is 3. The van der Waals surface area contributed by atoms with Gasteiger partial charge in [0.15, 0.2) is 0 Å². The van der Waals surface area contributed by atoms with Crippen molar-refractivity contribution < 1.29 is 14.3 Å². The quantitative estimate of drug-likeness (QED) is 0.341. The van der Waals surface area contributed by atoms with Gasteiger partial charge in [-0.15, -0.1) is 6.58 Å².